The lowest BCUT2D eigenvalue weighted by Gasteiger charge is -2.13. The summed E-state index contributed by atoms with van der Waals surface area (Å²) in [5.74, 6) is 0.293. The van der Waals surface area contributed by atoms with Crippen LogP contribution in [0.25, 0.3) is 0 Å². The van der Waals surface area contributed by atoms with Crippen LogP contribution in [-0.4, -0.2) is 17.2 Å². The Bertz CT molecular complexity index is 466. The summed E-state index contributed by atoms with van der Waals surface area (Å²) in [5.41, 5.74) is 0.986. The second-order valence-corrected chi connectivity index (χ2v) is 3.59. The van der Waals surface area contributed by atoms with Gasteiger partial charge in [-0.2, -0.15) is 0 Å². The Morgan fingerprint density at radius 2 is 1.94 bits per heavy atom. The van der Waals surface area contributed by atoms with Crippen molar-refractivity contribution in [2.45, 2.75) is 13.5 Å². The van der Waals surface area contributed by atoms with Gasteiger partial charge in [-0.1, -0.05) is 17.2 Å². The molecule has 4 nitrogen and oxygen atoms in total. The second-order valence-electron chi connectivity index (χ2n) is 3.59. The fraction of sp³-hybridized carbons (Fsp3) is 0.273. The van der Waals surface area contributed by atoms with Crippen LogP contribution in [0.15, 0.2) is 28.7 Å². The summed E-state index contributed by atoms with van der Waals surface area (Å²) in [6.45, 7) is 2.34. The number of aromatic nitrogens is 2. The predicted octanol–water partition coefficient (Wildman–Crippen LogP) is 2.15. The molecule has 2 rings (SSSR count). The van der Waals surface area contributed by atoms with Crippen molar-refractivity contribution in [3.05, 3.63) is 41.5 Å². The van der Waals surface area contributed by atoms with Gasteiger partial charge < -0.3 is 9.32 Å². The third-order valence-electron chi connectivity index (χ3n) is 2.17. The topological polar surface area (TPSA) is 42.2 Å². The Morgan fingerprint density at radius 1 is 1.25 bits per heavy atom. The standard InChI is InChI=1S/C11H12FN3O/c1-8-13-14-11(16-8)15(2)7-9-3-5-10(12)6-4-9/h3-6H,7H2,1-2H3. The lowest BCUT2D eigenvalue weighted by molar-refractivity contribution is 0.511. The smallest absolute Gasteiger partial charge is 0.318 e. The molecule has 1 aromatic carbocycles. The van der Waals surface area contributed by atoms with Gasteiger partial charge in [0.15, 0.2) is 0 Å². The zero-order valence-electron chi connectivity index (χ0n) is 9.14. The summed E-state index contributed by atoms with van der Waals surface area (Å²) >= 11 is 0. The number of hydrogen-bond acceptors (Lipinski definition) is 4. The minimum absolute atomic E-state index is 0.236. The molecular formula is C11H12FN3O. The van der Waals surface area contributed by atoms with Gasteiger partial charge in [-0.25, -0.2) is 4.39 Å². The van der Waals surface area contributed by atoms with Gasteiger partial charge in [-0.05, 0) is 17.7 Å². The van der Waals surface area contributed by atoms with E-state index in [2.05, 4.69) is 10.2 Å². The van der Waals surface area contributed by atoms with E-state index in [4.69, 9.17) is 4.42 Å². The highest BCUT2D eigenvalue weighted by Gasteiger charge is 2.08. The van der Waals surface area contributed by atoms with Gasteiger partial charge in [0.1, 0.15) is 5.82 Å². The summed E-state index contributed by atoms with van der Waals surface area (Å²) < 4.78 is 18.0. The SMILES string of the molecule is Cc1nnc(N(C)Cc2ccc(F)cc2)o1. The van der Waals surface area contributed by atoms with Crippen LogP contribution in [-0.2, 0) is 6.54 Å². The Kier molecular flexibility index (Phi) is 2.85. The zero-order chi connectivity index (χ0) is 11.5. The zero-order valence-corrected chi connectivity index (χ0v) is 9.14. The van der Waals surface area contributed by atoms with E-state index in [-0.39, 0.29) is 5.82 Å². The molecule has 0 aliphatic heterocycles. The Hall–Kier alpha value is -1.91. The number of nitrogens with zero attached hydrogens (tertiary/aromatic N) is 3. The largest absolute Gasteiger partial charge is 0.408 e. The lowest BCUT2D eigenvalue weighted by atomic mass is 10.2. The third-order valence-corrected chi connectivity index (χ3v) is 2.17. The second kappa shape index (κ2) is 4.30. The molecule has 0 aliphatic carbocycles. The van der Waals surface area contributed by atoms with Crippen molar-refractivity contribution in [1.82, 2.24) is 10.2 Å². The first-order valence-corrected chi connectivity index (χ1v) is 4.91. The van der Waals surface area contributed by atoms with E-state index >= 15 is 0 Å². The molecule has 0 saturated heterocycles. The van der Waals surface area contributed by atoms with Gasteiger partial charge in [0.25, 0.3) is 0 Å². The van der Waals surface area contributed by atoms with E-state index in [0.29, 0.717) is 18.5 Å². The van der Waals surface area contributed by atoms with Gasteiger partial charge >= 0.3 is 6.01 Å². The fourth-order valence-corrected chi connectivity index (χ4v) is 1.37. The molecule has 0 spiro atoms. The van der Waals surface area contributed by atoms with Crippen molar-refractivity contribution in [3.8, 4) is 0 Å². The van der Waals surface area contributed by atoms with Crippen molar-refractivity contribution in [1.29, 1.82) is 0 Å². The van der Waals surface area contributed by atoms with Crippen LogP contribution in [0.5, 0.6) is 0 Å². The number of anilines is 1. The first kappa shape index (κ1) is 10.6. The molecular weight excluding hydrogens is 209 g/mol. The number of hydrogen-bond donors (Lipinski definition) is 0. The third kappa shape index (κ3) is 2.36. The molecule has 2 aromatic rings. The molecule has 1 aromatic heterocycles. The van der Waals surface area contributed by atoms with E-state index in [9.17, 15) is 4.39 Å². The van der Waals surface area contributed by atoms with Gasteiger partial charge in [-0.3, -0.25) is 0 Å². The molecule has 84 valence electrons. The molecule has 16 heavy (non-hydrogen) atoms. The monoisotopic (exact) mass is 221 g/mol. The van der Waals surface area contributed by atoms with Crippen LogP contribution in [0.1, 0.15) is 11.5 Å². The molecule has 0 amide bonds. The van der Waals surface area contributed by atoms with E-state index in [0.717, 1.165) is 5.56 Å². The van der Waals surface area contributed by atoms with Crippen molar-refractivity contribution in [3.63, 3.8) is 0 Å². The first-order valence-electron chi connectivity index (χ1n) is 4.91. The van der Waals surface area contributed by atoms with Crippen molar-refractivity contribution >= 4 is 6.01 Å². The van der Waals surface area contributed by atoms with Gasteiger partial charge in [0, 0.05) is 20.5 Å². The van der Waals surface area contributed by atoms with Gasteiger partial charge in [-0.15, -0.1) is 5.10 Å². The molecule has 0 N–H and O–H groups in total. The van der Waals surface area contributed by atoms with E-state index in [1.165, 1.54) is 12.1 Å². The minimum Gasteiger partial charge on any atom is -0.408 e. The maximum absolute atomic E-state index is 12.7. The Balaban J connectivity index is 2.07. The average molecular weight is 221 g/mol. The number of benzene rings is 1. The van der Waals surface area contributed by atoms with Gasteiger partial charge in [0.05, 0.1) is 0 Å². The molecule has 5 heteroatoms. The fourth-order valence-electron chi connectivity index (χ4n) is 1.37. The molecule has 0 aliphatic rings. The summed E-state index contributed by atoms with van der Waals surface area (Å²) in [6.07, 6.45) is 0. The number of rotatable bonds is 3. The summed E-state index contributed by atoms with van der Waals surface area (Å²) in [5, 5.41) is 7.64. The van der Waals surface area contributed by atoms with E-state index in [1.807, 2.05) is 11.9 Å². The molecule has 0 fully saturated rings. The maximum atomic E-state index is 12.7. The Labute approximate surface area is 92.7 Å². The quantitative estimate of drug-likeness (QED) is 0.796. The van der Waals surface area contributed by atoms with Crippen LogP contribution in [0.3, 0.4) is 0 Å². The molecule has 0 bridgehead atoms. The van der Waals surface area contributed by atoms with Gasteiger partial charge in [0.2, 0.25) is 5.89 Å². The minimum atomic E-state index is -0.236. The van der Waals surface area contributed by atoms with Crippen molar-refractivity contribution in [2.24, 2.45) is 0 Å². The van der Waals surface area contributed by atoms with E-state index < -0.39 is 0 Å². The van der Waals surface area contributed by atoms with Crippen LogP contribution in [0, 0.1) is 12.7 Å². The summed E-state index contributed by atoms with van der Waals surface area (Å²) in [7, 11) is 1.84. The first-order chi connectivity index (χ1) is 7.65. The molecule has 0 radical (unpaired) electrons. The predicted molar refractivity (Wildman–Crippen MR) is 57.5 cm³/mol. The molecule has 0 unspecified atom stereocenters. The lowest BCUT2D eigenvalue weighted by Crippen LogP contribution is -2.16. The highest BCUT2D eigenvalue weighted by molar-refractivity contribution is 5.27. The normalized spacial score (nSPS) is 10.4. The summed E-state index contributed by atoms with van der Waals surface area (Å²) in [4.78, 5) is 1.81. The van der Waals surface area contributed by atoms with Crippen LogP contribution in [0.2, 0.25) is 0 Å². The van der Waals surface area contributed by atoms with Crippen molar-refractivity contribution in [2.75, 3.05) is 11.9 Å². The molecule has 1 heterocycles. The average Bonchev–Trinajstić information content (AvgIpc) is 2.68. The number of aryl methyl sites for hydroxylation is 1. The number of halogens is 1. The van der Waals surface area contributed by atoms with Crippen molar-refractivity contribution < 1.29 is 8.81 Å². The maximum Gasteiger partial charge on any atom is 0.318 e. The molecule has 0 atom stereocenters. The van der Waals surface area contributed by atoms with Crippen LogP contribution >= 0.6 is 0 Å². The summed E-state index contributed by atoms with van der Waals surface area (Å²) in [6, 6.07) is 6.79. The van der Waals surface area contributed by atoms with E-state index in [1.54, 1.807) is 19.1 Å². The van der Waals surface area contributed by atoms with Crippen LogP contribution in [0.4, 0.5) is 10.4 Å². The highest BCUT2D eigenvalue weighted by Crippen LogP contribution is 2.13. The Morgan fingerprint density at radius 3 is 2.50 bits per heavy atom. The molecule has 0 saturated carbocycles. The highest BCUT2D eigenvalue weighted by atomic mass is 19.1. The van der Waals surface area contributed by atoms with Crippen LogP contribution < -0.4 is 4.90 Å².